The van der Waals surface area contributed by atoms with E-state index in [1.54, 1.807) is 6.20 Å². The van der Waals surface area contributed by atoms with E-state index in [2.05, 4.69) is 15.6 Å². The van der Waals surface area contributed by atoms with Gasteiger partial charge in [-0.1, -0.05) is 13.8 Å². The summed E-state index contributed by atoms with van der Waals surface area (Å²) in [5.41, 5.74) is 0.761. The van der Waals surface area contributed by atoms with Crippen molar-refractivity contribution in [3.63, 3.8) is 0 Å². The Morgan fingerprint density at radius 1 is 1.47 bits per heavy atom. The van der Waals surface area contributed by atoms with Crippen LogP contribution < -0.4 is 10.6 Å². The third-order valence-electron chi connectivity index (χ3n) is 2.57. The molecule has 0 atom stereocenters. The van der Waals surface area contributed by atoms with Crippen LogP contribution in [0.15, 0.2) is 18.3 Å². The van der Waals surface area contributed by atoms with Gasteiger partial charge in [0.1, 0.15) is 5.82 Å². The SMILES string of the molecule is CC(C)CC(=O)Nc1ccc(NC2CC2)nc1. The number of carbonyl (C=O) groups is 1. The summed E-state index contributed by atoms with van der Waals surface area (Å²) in [6.45, 7) is 4.06. The van der Waals surface area contributed by atoms with Gasteiger partial charge in [-0.15, -0.1) is 0 Å². The van der Waals surface area contributed by atoms with Crippen LogP contribution in [0.2, 0.25) is 0 Å². The molecule has 4 heteroatoms. The first-order chi connectivity index (χ1) is 8.13. The van der Waals surface area contributed by atoms with Crippen molar-refractivity contribution in [1.29, 1.82) is 0 Å². The number of carbonyl (C=O) groups excluding carboxylic acids is 1. The third kappa shape index (κ3) is 4.06. The van der Waals surface area contributed by atoms with Gasteiger partial charge in [-0.3, -0.25) is 4.79 Å². The second-order valence-corrected chi connectivity index (χ2v) is 5.00. The number of anilines is 2. The molecule has 0 saturated heterocycles. The second-order valence-electron chi connectivity index (χ2n) is 5.00. The van der Waals surface area contributed by atoms with Crippen LogP contribution in [0.3, 0.4) is 0 Å². The number of nitrogens with one attached hydrogen (secondary N) is 2. The van der Waals surface area contributed by atoms with Crippen molar-refractivity contribution in [2.75, 3.05) is 10.6 Å². The Bertz CT molecular complexity index is 382. The van der Waals surface area contributed by atoms with Crippen LogP contribution in [0.25, 0.3) is 0 Å². The number of amides is 1. The lowest BCUT2D eigenvalue weighted by Crippen LogP contribution is -2.14. The van der Waals surface area contributed by atoms with Crippen LogP contribution >= 0.6 is 0 Å². The predicted octanol–water partition coefficient (Wildman–Crippen LogP) is 2.64. The van der Waals surface area contributed by atoms with Gasteiger partial charge < -0.3 is 10.6 Å². The van der Waals surface area contributed by atoms with Gasteiger partial charge in [0.2, 0.25) is 5.91 Å². The van der Waals surface area contributed by atoms with Crippen molar-refractivity contribution in [2.24, 2.45) is 5.92 Å². The van der Waals surface area contributed by atoms with Crippen LogP contribution in [0, 0.1) is 5.92 Å². The maximum Gasteiger partial charge on any atom is 0.224 e. The van der Waals surface area contributed by atoms with Gasteiger partial charge in [0.05, 0.1) is 11.9 Å². The molecule has 4 nitrogen and oxygen atoms in total. The third-order valence-corrected chi connectivity index (χ3v) is 2.57. The van der Waals surface area contributed by atoms with Crippen molar-refractivity contribution in [2.45, 2.75) is 39.2 Å². The van der Waals surface area contributed by atoms with E-state index in [0.717, 1.165) is 11.5 Å². The molecule has 1 aromatic rings. The van der Waals surface area contributed by atoms with Crippen LogP contribution in [-0.2, 0) is 4.79 Å². The first-order valence-electron chi connectivity index (χ1n) is 6.16. The molecule has 2 rings (SSSR count). The molecule has 1 saturated carbocycles. The van der Waals surface area contributed by atoms with E-state index >= 15 is 0 Å². The molecule has 0 aromatic carbocycles. The number of nitrogens with zero attached hydrogens (tertiary/aromatic N) is 1. The molecule has 0 aliphatic heterocycles. The van der Waals surface area contributed by atoms with Crippen molar-refractivity contribution in [1.82, 2.24) is 4.98 Å². The van der Waals surface area contributed by atoms with Crippen LogP contribution in [-0.4, -0.2) is 16.9 Å². The minimum Gasteiger partial charge on any atom is -0.367 e. The molecular weight excluding hydrogens is 214 g/mol. The minimum atomic E-state index is 0.0460. The lowest BCUT2D eigenvalue weighted by atomic mass is 10.1. The van der Waals surface area contributed by atoms with E-state index in [0.29, 0.717) is 18.4 Å². The average Bonchev–Trinajstić information content (AvgIpc) is 3.03. The molecule has 92 valence electrons. The Morgan fingerprint density at radius 2 is 2.24 bits per heavy atom. The molecule has 1 aliphatic carbocycles. The van der Waals surface area contributed by atoms with Gasteiger partial charge in [-0.05, 0) is 30.9 Å². The summed E-state index contributed by atoms with van der Waals surface area (Å²) in [6, 6.07) is 4.39. The van der Waals surface area contributed by atoms with Crippen molar-refractivity contribution < 1.29 is 4.79 Å². The summed E-state index contributed by atoms with van der Waals surface area (Å²) in [6.07, 6.45) is 4.70. The van der Waals surface area contributed by atoms with Crippen molar-refractivity contribution in [3.05, 3.63) is 18.3 Å². The first-order valence-corrected chi connectivity index (χ1v) is 6.16. The van der Waals surface area contributed by atoms with Gasteiger partial charge in [-0.25, -0.2) is 4.98 Å². The summed E-state index contributed by atoms with van der Waals surface area (Å²) in [7, 11) is 0. The van der Waals surface area contributed by atoms with Gasteiger partial charge in [0, 0.05) is 12.5 Å². The number of pyridine rings is 1. The zero-order chi connectivity index (χ0) is 12.3. The topological polar surface area (TPSA) is 54.0 Å². The highest BCUT2D eigenvalue weighted by atomic mass is 16.1. The van der Waals surface area contributed by atoms with Gasteiger partial charge in [-0.2, -0.15) is 0 Å². The molecule has 1 heterocycles. The van der Waals surface area contributed by atoms with E-state index in [9.17, 15) is 4.79 Å². The van der Waals surface area contributed by atoms with Gasteiger partial charge in [0.15, 0.2) is 0 Å². The Morgan fingerprint density at radius 3 is 2.76 bits per heavy atom. The van der Waals surface area contributed by atoms with Crippen molar-refractivity contribution >= 4 is 17.4 Å². The van der Waals surface area contributed by atoms with Gasteiger partial charge >= 0.3 is 0 Å². The smallest absolute Gasteiger partial charge is 0.224 e. The molecule has 0 unspecified atom stereocenters. The lowest BCUT2D eigenvalue weighted by molar-refractivity contribution is -0.116. The highest BCUT2D eigenvalue weighted by Crippen LogP contribution is 2.23. The fourth-order valence-electron chi connectivity index (χ4n) is 1.57. The number of rotatable bonds is 5. The highest BCUT2D eigenvalue weighted by molar-refractivity contribution is 5.90. The molecule has 1 fully saturated rings. The van der Waals surface area contributed by atoms with E-state index in [4.69, 9.17) is 0 Å². The molecule has 1 aliphatic rings. The Labute approximate surface area is 102 Å². The fourth-order valence-corrected chi connectivity index (χ4v) is 1.57. The zero-order valence-corrected chi connectivity index (χ0v) is 10.4. The van der Waals surface area contributed by atoms with Crippen LogP contribution in [0.5, 0.6) is 0 Å². The summed E-state index contributed by atoms with van der Waals surface area (Å²) >= 11 is 0. The largest absolute Gasteiger partial charge is 0.367 e. The van der Waals surface area contributed by atoms with Gasteiger partial charge in [0.25, 0.3) is 0 Å². The monoisotopic (exact) mass is 233 g/mol. The average molecular weight is 233 g/mol. The van der Waals surface area contributed by atoms with Crippen molar-refractivity contribution in [3.8, 4) is 0 Å². The molecule has 0 spiro atoms. The Hall–Kier alpha value is -1.58. The van der Waals surface area contributed by atoms with E-state index in [1.165, 1.54) is 12.8 Å². The number of aromatic nitrogens is 1. The van der Waals surface area contributed by atoms with E-state index in [1.807, 2.05) is 26.0 Å². The highest BCUT2D eigenvalue weighted by Gasteiger charge is 2.20. The fraction of sp³-hybridized carbons (Fsp3) is 0.538. The normalized spacial score (nSPS) is 14.8. The Kier molecular flexibility index (Phi) is 3.61. The quantitative estimate of drug-likeness (QED) is 0.822. The Balaban J connectivity index is 1.86. The molecule has 1 amide bonds. The summed E-state index contributed by atoms with van der Waals surface area (Å²) in [4.78, 5) is 15.8. The standard InChI is InChI=1S/C13H19N3O/c1-9(2)7-13(17)16-11-5-6-12(14-8-11)15-10-3-4-10/h5-6,8-10H,3-4,7H2,1-2H3,(H,14,15)(H,16,17). The maximum atomic E-state index is 11.5. The summed E-state index contributed by atoms with van der Waals surface area (Å²) in [5, 5.41) is 6.14. The minimum absolute atomic E-state index is 0.0460. The summed E-state index contributed by atoms with van der Waals surface area (Å²) < 4.78 is 0. The zero-order valence-electron chi connectivity index (χ0n) is 10.4. The second kappa shape index (κ2) is 5.17. The first kappa shape index (κ1) is 11.9. The molecule has 2 N–H and O–H groups in total. The maximum absolute atomic E-state index is 11.5. The number of hydrogen-bond acceptors (Lipinski definition) is 3. The predicted molar refractivity (Wildman–Crippen MR) is 69.0 cm³/mol. The van der Waals surface area contributed by atoms with Crippen LogP contribution in [0.4, 0.5) is 11.5 Å². The molecule has 17 heavy (non-hydrogen) atoms. The molecular formula is C13H19N3O. The van der Waals surface area contributed by atoms with E-state index < -0.39 is 0 Å². The number of hydrogen-bond donors (Lipinski definition) is 2. The molecule has 0 bridgehead atoms. The molecule has 1 aromatic heterocycles. The molecule has 0 radical (unpaired) electrons. The summed E-state index contributed by atoms with van der Waals surface area (Å²) in [5.74, 6) is 1.30. The van der Waals surface area contributed by atoms with Crippen LogP contribution in [0.1, 0.15) is 33.1 Å². The lowest BCUT2D eigenvalue weighted by Gasteiger charge is -2.08. The van der Waals surface area contributed by atoms with E-state index in [-0.39, 0.29) is 5.91 Å².